The number of nitrogens with zero attached hydrogens (tertiary/aromatic N) is 2. The molecule has 0 aliphatic rings. The van der Waals surface area contributed by atoms with Gasteiger partial charge in [0.2, 0.25) is 0 Å². The standard InChI is InChI=1S/C13H8ClF4N3O/c1-6-7(2-3-10(20-6)13(16,17)18)12(22)21-11-4-8(14)9(15)5-19-11/h2-5H,1H3,(H,19,21,22). The Bertz CT molecular complexity index is 734. The lowest BCUT2D eigenvalue weighted by Gasteiger charge is -2.10. The van der Waals surface area contributed by atoms with E-state index in [1.807, 2.05) is 0 Å². The van der Waals surface area contributed by atoms with Crippen molar-refractivity contribution in [3.8, 4) is 0 Å². The molecule has 9 heteroatoms. The van der Waals surface area contributed by atoms with Crippen molar-refractivity contribution in [3.05, 3.63) is 52.2 Å². The van der Waals surface area contributed by atoms with E-state index in [1.54, 1.807) is 0 Å². The van der Waals surface area contributed by atoms with Crippen LogP contribution in [0.5, 0.6) is 0 Å². The summed E-state index contributed by atoms with van der Waals surface area (Å²) in [5.74, 6) is -1.52. The fourth-order valence-corrected chi connectivity index (χ4v) is 1.78. The predicted molar refractivity (Wildman–Crippen MR) is 71.1 cm³/mol. The molecule has 2 aromatic rings. The molecular weight excluding hydrogens is 326 g/mol. The van der Waals surface area contributed by atoms with Gasteiger partial charge in [-0.25, -0.2) is 14.4 Å². The SMILES string of the molecule is Cc1nc(C(F)(F)F)ccc1C(=O)Nc1cc(Cl)c(F)cn1. The second kappa shape index (κ2) is 5.88. The van der Waals surface area contributed by atoms with Crippen LogP contribution in [0.2, 0.25) is 5.02 Å². The summed E-state index contributed by atoms with van der Waals surface area (Å²) in [6, 6.07) is 2.79. The van der Waals surface area contributed by atoms with Crippen LogP contribution < -0.4 is 5.32 Å². The van der Waals surface area contributed by atoms with Gasteiger partial charge in [-0.15, -0.1) is 0 Å². The Morgan fingerprint density at radius 3 is 2.55 bits per heavy atom. The van der Waals surface area contributed by atoms with Crippen LogP contribution in [0.15, 0.2) is 24.4 Å². The van der Waals surface area contributed by atoms with E-state index in [2.05, 4.69) is 15.3 Å². The van der Waals surface area contributed by atoms with Crippen LogP contribution in [0.25, 0.3) is 0 Å². The van der Waals surface area contributed by atoms with E-state index in [-0.39, 0.29) is 22.1 Å². The number of carbonyl (C=O) groups is 1. The maximum Gasteiger partial charge on any atom is 0.433 e. The Labute approximate surface area is 127 Å². The second-order valence-electron chi connectivity index (χ2n) is 4.26. The van der Waals surface area contributed by atoms with Gasteiger partial charge in [0.25, 0.3) is 5.91 Å². The molecule has 0 fully saturated rings. The van der Waals surface area contributed by atoms with Crippen molar-refractivity contribution in [2.24, 2.45) is 0 Å². The molecule has 0 atom stereocenters. The topological polar surface area (TPSA) is 54.9 Å². The highest BCUT2D eigenvalue weighted by Crippen LogP contribution is 2.28. The highest BCUT2D eigenvalue weighted by molar-refractivity contribution is 6.31. The van der Waals surface area contributed by atoms with E-state index in [4.69, 9.17) is 11.6 Å². The molecule has 0 aliphatic carbocycles. The summed E-state index contributed by atoms with van der Waals surface area (Å²) in [6.45, 7) is 1.27. The third-order valence-electron chi connectivity index (χ3n) is 2.67. The van der Waals surface area contributed by atoms with Gasteiger partial charge in [0.05, 0.1) is 22.5 Å². The quantitative estimate of drug-likeness (QED) is 0.849. The lowest BCUT2D eigenvalue weighted by molar-refractivity contribution is -0.141. The van der Waals surface area contributed by atoms with Crippen molar-refractivity contribution in [1.82, 2.24) is 9.97 Å². The van der Waals surface area contributed by atoms with E-state index in [0.717, 1.165) is 18.3 Å². The summed E-state index contributed by atoms with van der Waals surface area (Å²) in [7, 11) is 0. The average Bonchev–Trinajstić information content (AvgIpc) is 2.41. The number of nitrogens with one attached hydrogen (secondary N) is 1. The highest BCUT2D eigenvalue weighted by Gasteiger charge is 2.33. The van der Waals surface area contributed by atoms with Crippen LogP contribution in [0, 0.1) is 12.7 Å². The zero-order chi connectivity index (χ0) is 16.5. The largest absolute Gasteiger partial charge is 0.433 e. The molecule has 0 unspecified atom stereocenters. The molecule has 22 heavy (non-hydrogen) atoms. The summed E-state index contributed by atoms with van der Waals surface area (Å²) in [5.41, 5.74) is -1.25. The van der Waals surface area contributed by atoms with Crippen LogP contribution in [0.1, 0.15) is 21.7 Å². The monoisotopic (exact) mass is 333 g/mol. The normalized spacial score (nSPS) is 11.4. The number of hydrogen-bond donors (Lipinski definition) is 1. The van der Waals surface area contributed by atoms with E-state index < -0.39 is 23.6 Å². The van der Waals surface area contributed by atoms with Crippen LogP contribution in [0.4, 0.5) is 23.4 Å². The highest BCUT2D eigenvalue weighted by atomic mass is 35.5. The van der Waals surface area contributed by atoms with Crippen LogP contribution in [-0.4, -0.2) is 15.9 Å². The van der Waals surface area contributed by atoms with Crippen LogP contribution in [-0.2, 0) is 6.18 Å². The zero-order valence-corrected chi connectivity index (χ0v) is 11.8. The van der Waals surface area contributed by atoms with Crippen molar-refractivity contribution in [2.75, 3.05) is 5.32 Å². The van der Waals surface area contributed by atoms with Gasteiger partial charge in [-0.05, 0) is 19.1 Å². The number of hydrogen-bond acceptors (Lipinski definition) is 3. The molecule has 0 bridgehead atoms. The third kappa shape index (κ3) is 3.51. The smallest absolute Gasteiger partial charge is 0.306 e. The molecule has 2 aromatic heterocycles. The van der Waals surface area contributed by atoms with Crippen molar-refractivity contribution >= 4 is 23.3 Å². The maximum atomic E-state index is 13.0. The van der Waals surface area contributed by atoms with Crippen LogP contribution >= 0.6 is 11.6 Å². The Hall–Kier alpha value is -2.22. The number of rotatable bonds is 2. The summed E-state index contributed by atoms with van der Waals surface area (Å²) < 4.78 is 50.5. The molecule has 116 valence electrons. The number of amides is 1. The molecule has 2 rings (SSSR count). The van der Waals surface area contributed by atoms with Crippen molar-refractivity contribution in [2.45, 2.75) is 13.1 Å². The summed E-state index contributed by atoms with van der Waals surface area (Å²) in [6.07, 6.45) is -3.78. The van der Waals surface area contributed by atoms with Gasteiger partial charge in [-0.2, -0.15) is 13.2 Å². The Balaban J connectivity index is 2.24. The van der Waals surface area contributed by atoms with Gasteiger partial charge in [0.1, 0.15) is 11.5 Å². The Morgan fingerprint density at radius 1 is 1.32 bits per heavy atom. The average molecular weight is 334 g/mol. The second-order valence-corrected chi connectivity index (χ2v) is 4.67. The first-order valence-electron chi connectivity index (χ1n) is 5.85. The fraction of sp³-hybridized carbons (Fsp3) is 0.154. The Morgan fingerprint density at radius 2 is 2.00 bits per heavy atom. The summed E-state index contributed by atoms with van der Waals surface area (Å²) in [5, 5.41) is 2.06. The first-order valence-corrected chi connectivity index (χ1v) is 6.23. The number of pyridine rings is 2. The number of halogens is 5. The van der Waals surface area contributed by atoms with Gasteiger partial charge < -0.3 is 5.32 Å². The molecule has 0 spiro atoms. The van der Waals surface area contributed by atoms with Crippen molar-refractivity contribution in [3.63, 3.8) is 0 Å². The van der Waals surface area contributed by atoms with E-state index in [9.17, 15) is 22.4 Å². The molecule has 0 saturated heterocycles. The molecule has 1 N–H and O–H groups in total. The van der Waals surface area contributed by atoms with Gasteiger partial charge in [0.15, 0.2) is 5.82 Å². The molecule has 4 nitrogen and oxygen atoms in total. The number of aryl methyl sites for hydroxylation is 1. The van der Waals surface area contributed by atoms with Crippen molar-refractivity contribution in [1.29, 1.82) is 0 Å². The number of anilines is 1. The molecule has 0 aromatic carbocycles. The molecule has 0 radical (unpaired) electrons. The summed E-state index contributed by atoms with van der Waals surface area (Å²) >= 11 is 5.54. The maximum absolute atomic E-state index is 13.0. The Kier molecular flexibility index (Phi) is 4.32. The minimum atomic E-state index is -4.59. The first-order chi connectivity index (χ1) is 10.2. The predicted octanol–water partition coefficient (Wildman–Crippen LogP) is 3.85. The lowest BCUT2D eigenvalue weighted by atomic mass is 10.1. The molecule has 0 aliphatic heterocycles. The summed E-state index contributed by atoms with van der Waals surface area (Å²) in [4.78, 5) is 18.9. The minimum Gasteiger partial charge on any atom is -0.306 e. The number of carbonyl (C=O) groups excluding carboxylic acids is 1. The number of alkyl halides is 3. The first kappa shape index (κ1) is 16.2. The fourth-order valence-electron chi connectivity index (χ4n) is 1.63. The van der Waals surface area contributed by atoms with Gasteiger partial charge >= 0.3 is 6.18 Å². The molecule has 2 heterocycles. The van der Waals surface area contributed by atoms with Gasteiger partial charge in [-0.3, -0.25) is 4.79 Å². The van der Waals surface area contributed by atoms with Crippen LogP contribution in [0.3, 0.4) is 0 Å². The van der Waals surface area contributed by atoms with Gasteiger partial charge in [0, 0.05) is 6.07 Å². The van der Waals surface area contributed by atoms with E-state index >= 15 is 0 Å². The number of aromatic nitrogens is 2. The lowest BCUT2D eigenvalue weighted by Crippen LogP contribution is -2.17. The van der Waals surface area contributed by atoms with E-state index in [1.165, 1.54) is 6.92 Å². The van der Waals surface area contributed by atoms with Gasteiger partial charge in [-0.1, -0.05) is 11.6 Å². The molecular formula is C13H8ClF4N3O. The van der Waals surface area contributed by atoms with E-state index in [0.29, 0.717) is 6.07 Å². The van der Waals surface area contributed by atoms with Crippen molar-refractivity contribution < 1.29 is 22.4 Å². The zero-order valence-electron chi connectivity index (χ0n) is 11.0. The molecule has 0 saturated carbocycles. The third-order valence-corrected chi connectivity index (χ3v) is 2.96. The molecule has 1 amide bonds. The minimum absolute atomic E-state index is 0.0318.